The number of nitrogens with one attached hydrogen (secondary N) is 1. The normalized spacial score (nSPS) is 27.1. The zero-order valence-corrected chi connectivity index (χ0v) is 18.0. The fraction of sp³-hybridized carbons (Fsp3) is 0.682. The second-order valence-electron chi connectivity index (χ2n) is 8.74. The monoisotopic (exact) mass is 420 g/mol. The van der Waals surface area contributed by atoms with Gasteiger partial charge in [0.25, 0.3) is 0 Å². The van der Waals surface area contributed by atoms with Crippen LogP contribution in [0.3, 0.4) is 0 Å². The third kappa shape index (κ3) is 4.45. The van der Waals surface area contributed by atoms with Gasteiger partial charge < -0.3 is 10.1 Å². The smallest absolute Gasteiger partial charge is 0.243 e. The Morgan fingerprint density at radius 1 is 1.17 bits per heavy atom. The number of anilines is 1. The molecule has 3 aliphatic rings. The first kappa shape index (κ1) is 20.7. The van der Waals surface area contributed by atoms with Crippen LogP contribution in [0.1, 0.15) is 58.3 Å². The number of ether oxygens (including phenoxy) is 1. The van der Waals surface area contributed by atoms with Crippen LogP contribution in [-0.4, -0.2) is 38.3 Å². The molecule has 0 aromatic heterocycles. The average Bonchev–Trinajstić information content (AvgIpc) is 3.33. The summed E-state index contributed by atoms with van der Waals surface area (Å²) in [6.45, 7) is 3.44. The number of amides is 1. The van der Waals surface area contributed by atoms with Crippen molar-refractivity contribution in [3.8, 4) is 5.75 Å². The van der Waals surface area contributed by atoms with E-state index in [1.807, 2.05) is 6.92 Å². The van der Waals surface area contributed by atoms with Gasteiger partial charge in [0.05, 0.1) is 17.2 Å². The van der Waals surface area contributed by atoms with Crippen LogP contribution in [0, 0.1) is 17.8 Å². The molecule has 2 saturated carbocycles. The maximum absolute atomic E-state index is 13.0. The number of carbonyl (C=O) groups is 1. The molecular weight excluding hydrogens is 388 g/mol. The summed E-state index contributed by atoms with van der Waals surface area (Å²) in [5, 5.41) is 2.95. The molecule has 0 unspecified atom stereocenters. The first-order valence-electron chi connectivity index (χ1n) is 11.0. The van der Waals surface area contributed by atoms with Crippen LogP contribution < -0.4 is 10.1 Å². The van der Waals surface area contributed by atoms with E-state index in [4.69, 9.17) is 4.74 Å². The summed E-state index contributed by atoms with van der Waals surface area (Å²) < 4.78 is 33.3. The quantitative estimate of drug-likeness (QED) is 0.723. The number of carbonyl (C=O) groups excluding carboxylic acids is 1. The van der Waals surface area contributed by atoms with Crippen LogP contribution >= 0.6 is 0 Å². The van der Waals surface area contributed by atoms with Crippen molar-refractivity contribution in [3.05, 3.63) is 18.2 Å². The largest absolute Gasteiger partial charge is 0.492 e. The minimum atomic E-state index is -3.55. The van der Waals surface area contributed by atoms with Crippen molar-refractivity contribution < 1.29 is 17.9 Å². The van der Waals surface area contributed by atoms with Crippen molar-refractivity contribution in [1.82, 2.24) is 4.31 Å². The number of rotatable bonds is 7. The first-order chi connectivity index (χ1) is 14.0. The van der Waals surface area contributed by atoms with Gasteiger partial charge in [0.15, 0.2) is 0 Å². The summed E-state index contributed by atoms with van der Waals surface area (Å²) in [4.78, 5) is 13.0. The van der Waals surface area contributed by atoms with E-state index in [2.05, 4.69) is 5.32 Å². The van der Waals surface area contributed by atoms with Gasteiger partial charge in [0.2, 0.25) is 15.9 Å². The molecule has 1 aliphatic heterocycles. The minimum absolute atomic E-state index is 0.0453. The second-order valence-corrected chi connectivity index (χ2v) is 10.7. The average molecular weight is 421 g/mol. The van der Waals surface area contributed by atoms with Crippen LogP contribution in [0.25, 0.3) is 0 Å². The Hall–Kier alpha value is -1.60. The summed E-state index contributed by atoms with van der Waals surface area (Å²) in [5.41, 5.74) is 0.457. The van der Waals surface area contributed by atoms with Gasteiger partial charge in [-0.2, -0.15) is 4.31 Å². The Labute approximate surface area is 174 Å². The molecule has 1 N–H and O–H groups in total. The van der Waals surface area contributed by atoms with E-state index in [1.165, 1.54) is 19.3 Å². The maximum atomic E-state index is 13.0. The van der Waals surface area contributed by atoms with E-state index in [0.717, 1.165) is 31.6 Å². The van der Waals surface area contributed by atoms with Gasteiger partial charge in [-0.05, 0) is 75.0 Å². The highest BCUT2D eigenvalue weighted by molar-refractivity contribution is 7.89. The number of benzene rings is 1. The fourth-order valence-electron chi connectivity index (χ4n) is 5.37. The number of hydrogen-bond donors (Lipinski definition) is 1. The first-order valence-corrected chi connectivity index (χ1v) is 12.5. The lowest BCUT2D eigenvalue weighted by Gasteiger charge is -2.26. The van der Waals surface area contributed by atoms with Gasteiger partial charge in [0.1, 0.15) is 5.75 Å². The number of hydrogen-bond acceptors (Lipinski definition) is 4. The van der Waals surface area contributed by atoms with Gasteiger partial charge in [0, 0.05) is 19.5 Å². The van der Waals surface area contributed by atoms with Crippen molar-refractivity contribution in [2.45, 2.75) is 63.2 Å². The Bertz CT molecular complexity index is 848. The third-order valence-electron chi connectivity index (χ3n) is 6.81. The van der Waals surface area contributed by atoms with E-state index in [-0.39, 0.29) is 10.8 Å². The van der Waals surface area contributed by atoms with Crippen LogP contribution in [0.2, 0.25) is 0 Å². The molecule has 0 spiro atoms. The summed E-state index contributed by atoms with van der Waals surface area (Å²) in [6.07, 6.45) is 8.35. The second kappa shape index (κ2) is 8.64. The molecule has 1 amide bonds. The molecular formula is C22H32N2O4S. The van der Waals surface area contributed by atoms with Crippen molar-refractivity contribution in [3.63, 3.8) is 0 Å². The Balaban J connectivity index is 1.51. The molecule has 1 heterocycles. The van der Waals surface area contributed by atoms with Crippen LogP contribution in [-0.2, 0) is 14.8 Å². The lowest BCUT2D eigenvalue weighted by molar-refractivity contribution is -0.117. The molecule has 1 aromatic rings. The number of piperidine rings is 1. The van der Waals surface area contributed by atoms with Crippen molar-refractivity contribution in [1.29, 1.82) is 0 Å². The molecule has 7 heteroatoms. The highest BCUT2D eigenvalue weighted by Gasteiger charge is 2.40. The number of nitrogens with zero attached hydrogens (tertiary/aromatic N) is 1. The van der Waals surface area contributed by atoms with Crippen molar-refractivity contribution >= 4 is 21.6 Å². The molecule has 3 fully saturated rings. The molecule has 4 rings (SSSR count). The van der Waals surface area contributed by atoms with Gasteiger partial charge in [-0.3, -0.25) is 4.79 Å². The summed E-state index contributed by atoms with van der Waals surface area (Å²) >= 11 is 0. The molecule has 29 heavy (non-hydrogen) atoms. The highest BCUT2D eigenvalue weighted by atomic mass is 32.2. The number of sulfonamides is 1. The van der Waals surface area contributed by atoms with E-state index >= 15 is 0 Å². The molecule has 0 radical (unpaired) electrons. The predicted molar refractivity (Wildman–Crippen MR) is 112 cm³/mol. The Morgan fingerprint density at radius 2 is 1.97 bits per heavy atom. The SMILES string of the molecule is CCOc1ccc(S(=O)(=O)N2CCCCC2)cc1NC(=O)C[C@H]1C[C@@H]2CC[C@@H]1C2. The zero-order valence-electron chi connectivity index (χ0n) is 17.2. The molecule has 1 aromatic carbocycles. The van der Waals surface area contributed by atoms with Gasteiger partial charge >= 0.3 is 0 Å². The predicted octanol–water partition coefficient (Wildman–Crippen LogP) is 4.02. The van der Waals surface area contributed by atoms with E-state index < -0.39 is 10.0 Å². The van der Waals surface area contributed by atoms with E-state index in [1.54, 1.807) is 22.5 Å². The standard InChI is InChI=1S/C22H32N2O4S/c1-2-28-21-9-8-19(29(26,27)24-10-4-3-5-11-24)15-20(21)23-22(25)14-18-13-16-6-7-17(18)12-16/h8-9,15-18H,2-7,10-14H2,1H3,(H,23,25)/t16-,17-,18-/m1/s1. The van der Waals surface area contributed by atoms with Crippen LogP contribution in [0.4, 0.5) is 5.69 Å². The third-order valence-corrected chi connectivity index (χ3v) is 8.70. The lowest BCUT2D eigenvalue weighted by Crippen LogP contribution is -2.35. The lowest BCUT2D eigenvalue weighted by atomic mass is 9.86. The summed E-state index contributed by atoms with van der Waals surface area (Å²) in [6, 6.07) is 4.81. The highest BCUT2D eigenvalue weighted by Crippen LogP contribution is 2.49. The Kier molecular flexibility index (Phi) is 6.16. The summed E-state index contributed by atoms with van der Waals surface area (Å²) in [5.74, 6) is 2.42. The number of fused-ring (bicyclic) bond motifs is 2. The zero-order chi connectivity index (χ0) is 20.4. The minimum Gasteiger partial charge on any atom is -0.492 e. The van der Waals surface area contributed by atoms with Crippen LogP contribution in [0.5, 0.6) is 5.75 Å². The van der Waals surface area contributed by atoms with E-state index in [0.29, 0.717) is 49.4 Å². The maximum Gasteiger partial charge on any atom is 0.243 e. The van der Waals surface area contributed by atoms with Gasteiger partial charge in [-0.15, -0.1) is 0 Å². The van der Waals surface area contributed by atoms with Crippen molar-refractivity contribution in [2.24, 2.45) is 17.8 Å². The Morgan fingerprint density at radius 3 is 2.62 bits per heavy atom. The molecule has 3 atom stereocenters. The van der Waals surface area contributed by atoms with Crippen LogP contribution in [0.15, 0.2) is 23.1 Å². The molecule has 6 nitrogen and oxygen atoms in total. The van der Waals surface area contributed by atoms with Crippen molar-refractivity contribution in [2.75, 3.05) is 25.0 Å². The molecule has 2 bridgehead atoms. The molecule has 2 aliphatic carbocycles. The van der Waals surface area contributed by atoms with Gasteiger partial charge in [-0.25, -0.2) is 8.42 Å². The van der Waals surface area contributed by atoms with Gasteiger partial charge in [-0.1, -0.05) is 12.8 Å². The molecule has 1 saturated heterocycles. The summed E-state index contributed by atoms with van der Waals surface area (Å²) in [7, 11) is -3.55. The topological polar surface area (TPSA) is 75.7 Å². The fourth-order valence-corrected chi connectivity index (χ4v) is 6.91. The van der Waals surface area contributed by atoms with E-state index in [9.17, 15) is 13.2 Å². The molecule has 160 valence electrons.